The number of rotatable bonds is 5. The zero-order valence-electron chi connectivity index (χ0n) is 14.5. The highest BCUT2D eigenvalue weighted by atomic mass is 16.5. The van der Waals surface area contributed by atoms with Crippen LogP contribution in [0.4, 0.5) is 0 Å². The summed E-state index contributed by atoms with van der Waals surface area (Å²) in [4.78, 5) is 37.8. The van der Waals surface area contributed by atoms with Gasteiger partial charge in [-0.3, -0.25) is 19.3 Å². The lowest BCUT2D eigenvalue weighted by Crippen LogP contribution is -2.36. The van der Waals surface area contributed by atoms with Crippen LogP contribution in [0.5, 0.6) is 0 Å². The number of allylic oxidation sites excluding steroid dienone is 2. The van der Waals surface area contributed by atoms with E-state index in [4.69, 9.17) is 9.26 Å². The van der Waals surface area contributed by atoms with E-state index in [0.717, 1.165) is 10.5 Å². The van der Waals surface area contributed by atoms with Crippen molar-refractivity contribution >= 4 is 17.8 Å². The highest BCUT2D eigenvalue weighted by Gasteiger charge is 2.47. The molecular weight excluding hydrogens is 348 g/mol. The Balaban J connectivity index is 1.33. The van der Waals surface area contributed by atoms with Gasteiger partial charge in [-0.05, 0) is 12.8 Å². The first kappa shape index (κ1) is 17.2. The van der Waals surface area contributed by atoms with Crippen LogP contribution in [0.25, 0.3) is 11.3 Å². The molecule has 2 aliphatic rings. The third kappa shape index (κ3) is 3.40. The number of imide groups is 1. The second-order valence-corrected chi connectivity index (χ2v) is 6.63. The quantitative estimate of drug-likeness (QED) is 0.458. The summed E-state index contributed by atoms with van der Waals surface area (Å²) < 4.78 is 10.4. The van der Waals surface area contributed by atoms with Gasteiger partial charge in [-0.1, -0.05) is 47.6 Å². The molecule has 2 atom stereocenters. The van der Waals surface area contributed by atoms with E-state index in [-0.39, 0.29) is 36.8 Å². The Labute approximate surface area is 155 Å². The minimum Gasteiger partial charge on any atom is -0.458 e. The van der Waals surface area contributed by atoms with Gasteiger partial charge < -0.3 is 9.26 Å². The van der Waals surface area contributed by atoms with Crippen LogP contribution in [-0.2, 0) is 25.7 Å². The summed E-state index contributed by atoms with van der Waals surface area (Å²) in [5.41, 5.74) is 1.33. The fourth-order valence-electron chi connectivity index (χ4n) is 3.47. The van der Waals surface area contributed by atoms with E-state index in [9.17, 15) is 14.4 Å². The Morgan fingerprint density at radius 1 is 1.11 bits per heavy atom. The number of amides is 2. The Morgan fingerprint density at radius 2 is 1.78 bits per heavy atom. The predicted molar refractivity (Wildman–Crippen MR) is 93.8 cm³/mol. The maximum atomic E-state index is 12.4. The average molecular weight is 366 g/mol. The van der Waals surface area contributed by atoms with Crippen molar-refractivity contribution in [3.8, 4) is 11.3 Å². The Kier molecular flexibility index (Phi) is 4.58. The number of hydrogen-bond donors (Lipinski definition) is 0. The van der Waals surface area contributed by atoms with Crippen LogP contribution in [0.3, 0.4) is 0 Å². The first-order chi connectivity index (χ1) is 13.1. The number of likely N-dealkylation sites (tertiary alicyclic amines) is 1. The molecule has 1 fully saturated rings. The van der Waals surface area contributed by atoms with Crippen LogP contribution >= 0.6 is 0 Å². The Bertz CT molecular complexity index is 876. The molecule has 7 nitrogen and oxygen atoms in total. The van der Waals surface area contributed by atoms with Gasteiger partial charge >= 0.3 is 5.97 Å². The number of hydrogen-bond acceptors (Lipinski definition) is 6. The summed E-state index contributed by atoms with van der Waals surface area (Å²) in [6.07, 6.45) is 4.90. The fourth-order valence-corrected chi connectivity index (χ4v) is 3.47. The summed E-state index contributed by atoms with van der Waals surface area (Å²) in [7, 11) is 0. The first-order valence-electron chi connectivity index (χ1n) is 8.80. The Hall–Kier alpha value is -3.22. The minimum atomic E-state index is -0.646. The number of benzene rings is 1. The van der Waals surface area contributed by atoms with Crippen molar-refractivity contribution in [2.45, 2.75) is 19.4 Å². The normalized spacial score (nSPS) is 21.4. The zero-order valence-corrected chi connectivity index (χ0v) is 14.5. The molecule has 0 radical (unpaired) electrons. The number of carbonyl (C=O) groups is 3. The lowest BCUT2D eigenvalue weighted by atomic mass is 9.85. The predicted octanol–water partition coefficient (Wildman–Crippen LogP) is 2.34. The smallest absolute Gasteiger partial charge is 0.326 e. The van der Waals surface area contributed by atoms with Crippen molar-refractivity contribution in [3.05, 3.63) is 54.2 Å². The van der Waals surface area contributed by atoms with E-state index in [1.807, 2.05) is 42.5 Å². The number of esters is 1. The third-order valence-corrected chi connectivity index (χ3v) is 4.88. The Morgan fingerprint density at radius 3 is 2.44 bits per heavy atom. The lowest BCUT2D eigenvalue weighted by molar-refractivity contribution is -0.153. The molecule has 1 aromatic heterocycles. The molecule has 0 N–H and O–H groups in total. The average Bonchev–Trinajstić information content (AvgIpc) is 3.27. The van der Waals surface area contributed by atoms with Gasteiger partial charge in [0.2, 0.25) is 11.8 Å². The maximum Gasteiger partial charge on any atom is 0.326 e. The first-order valence-corrected chi connectivity index (χ1v) is 8.80. The van der Waals surface area contributed by atoms with Gasteiger partial charge in [0.15, 0.2) is 5.76 Å². The second kappa shape index (κ2) is 7.19. The molecule has 1 aliphatic carbocycles. The summed E-state index contributed by atoms with van der Waals surface area (Å²) in [6, 6.07) is 11.1. The number of nitrogens with zero attached hydrogens (tertiary/aromatic N) is 2. The summed E-state index contributed by atoms with van der Waals surface area (Å²) >= 11 is 0. The molecule has 0 spiro atoms. The van der Waals surface area contributed by atoms with Gasteiger partial charge in [-0.15, -0.1) is 0 Å². The molecule has 1 aromatic carbocycles. The van der Waals surface area contributed by atoms with Crippen LogP contribution in [0.1, 0.15) is 18.5 Å². The highest BCUT2D eigenvalue weighted by Crippen LogP contribution is 2.34. The van der Waals surface area contributed by atoms with Gasteiger partial charge in [0.25, 0.3) is 0 Å². The largest absolute Gasteiger partial charge is 0.458 e. The molecular formula is C20H18N2O5. The monoisotopic (exact) mass is 366 g/mol. The SMILES string of the molecule is O=C(CN1C(=O)[C@H]2CC=CC[C@H]2C1=O)OCc1cc(-c2ccccc2)on1. The minimum absolute atomic E-state index is 0.0835. The molecule has 138 valence electrons. The van der Waals surface area contributed by atoms with Crippen LogP contribution in [0, 0.1) is 11.8 Å². The van der Waals surface area contributed by atoms with Crippen molar-refractivity contribution in [2.75, 3.05) is 6.54 Å². The van der Waals surface area contributed by atoms with E-state index in [1.54, 1.807) is 6.07 Å². The molecule has 4 rings (SSSR count). The molecule has 0 bridgehead atoms. The van der Waals surface area contributed by atoms with E-state index in [0.29, 0.717) is 24.3 Å². The van der Waals surface area contributed by atoms with Crippen molar-refractivity contribution in [1.29, 1.82) is 0 Å². The van der Waals surface area contributed by atoms with Crippen LogP contribution in [0.15, 0.2) is 53.1 Å². The van der Waals surface area contributed by atoms with Gasteiger partial charge in [0, 0.05) is 11.6 Å². The molecule has 2 amide bonds. The topological polar surface area (TPSA) is 89.7 Å². The van der Waals surface area contributed by atoms with Crippen LogP contribution < -0.4 is 0 Å². The molecule has 2 aromatic rings. The molecule has 1 aliphatic heterocycles. The molecule has 0 unspecified atom stereocenters. The summed E-state index contributed by atoms with van der Waals surface area (Å²) in [5, 5.41) is 3.88. The zero-order chi connectivity index (χ0) is 18.8. The fraction of sp³-hybridized carbons (Fsp3) is 0.300. The van der Waals surface area contributed by atoms with E-state index in [1.165, 1.54) is 0 Å². The third-order valence-electron chi connectivity index (χ3n) is 4.88. The highest BCUT2D eigenvalue weighted by molar-refractivity contribution is 6.07. The number of aromatic nitrogens is 1. The number of fused-ring (bicyclic) bond motifs is 1. The lowest BCUT2D eigenvalue weighted by Gasteiger charge is -2.14. The van der Waals surface area contributed by atoms with Crippen molar-refractivity contribution < 1.29 is 23.6 Å². The van der Waals surface area contributed by atoms with Crippen LogP contribution in [-0.4, -0.2) is 34.4 Å². The summed E-state index contributed by atoms with van der Waals surface area (Å²) in [5.74, 6) is -1.35. The van der Waals surface area contributed by atoms with Crippen molar-refractivity contribution in [1.82, 2.24) is 10.1 Å². The van der Waals surface area contributed by atoms with E-state index >= 15 is 0 Å². The van der Waals surface area contributed by atoms with Gasteiger partial charge in [-0.25, -0.2) is 0 Å². The maximum absolute atomic E-state index is 12.4. The molecule has 2 heterocycles. The summed E-state index contributed by atoms with van der Waals surface area (Å²) in [6.45, 7) is -0.451. The number of carbonyl (C=O) groups excluding carboxylic acids is 3. The number of ether oxygens (including phenoxy) is 1. The van der Waals surface area contributed by atoms with Gasteiger partial charge in [0.1, 0.15) is 18.8 Å². The second-order valence-electron chi connectivity index (χ2n) is 6.63. The molecule has 1 saturated heterocycles. The molecule has 0 saturated carbocycles. The molecule has 27 heavy (non-hydrogen) atoms. The van der Waals surface area contributed by atoms with Crippen molar-refractivity contribution in [3.63, 3.8) is 0 Å². The standard InChI is InChI=1S/C20H18N2O5/c23-18(11-22-19(24)15-8-4-5-9-16(15)20(22)25)26-12-14-10-17(27-21-14)13-6-2-1-3-7-13/h1-7,10,15-16H,8-9,11-12H2/t15-,16+. The van der Waals surface area contributed by atoms with E-state index in [2.05, 4.69) is 5.16 Å². The molecule has 7 heteroatoms. The van der Waals surface area contributed by atoms with Gasteiger partial charge in [-0.2, -0.15) is 0 Å². The van der Waals surface area contributed by atoms with E-state index < -0.39 is 5.97 Å². The van der Waals surface area contributed by atoms with Gasteiger partial charge in [0.05, 0.1) is 11.8 Å². The van der Waals surface area contributed by atoms with Crippen LogP contribution in [0.2, 0.25) is 0 Å². The van der Waals surface area contributed by atoms with Crippen molar-refractivity contribution in [2.24, 2.45) is 11.8 Å².